The van der Waals surface area contributed by atoms with Gasteiger partial charge in [-0.1, -0.05) is 0 Å². The maximum absolute atomic E-state index is 13.3. The van der Waals surface area contributed by atoms with Gasteiger partial charge in [-0.05, 0) is 19.4 Å². The molecule has 112 valence electrons. The molecule has 0 amide bonds. The van der Waals surface area contributed by atoms with E-state index in [2.05, 4.69) is 10.1 Å². The van der Waals surface area contributed by atoms with Crippen molar-refractivity contribution in [1.82, 2.24) is 14.8 Å². The molecule has 0 spiro atoms. The predicted molar refractivity (Wildman–Crippen MR) is 76.9 cm³/mol. The van der Waals surface area contributed by atoms with Gasteiger partial charge in [0.05, 0.1) is 29.4 Å². The molecule has 8 heteroatoms. The van der Waals surface area contributed by atoms with E-state index in [0.29, 0.717) is 29.1 Å². The van der Waals surface area contributed by atoms with Gasteiger partial charge in [-0.15, -0.1) is 0 Å². The standard InChI is InChI=1S/C13H15FN4O2S/c1-8-12(9-4-10(14)6-16-5-9)17-18(13(8)15)11-2-3-21(19,20)7-11/h4-6,11H,2-3,7,15H2,1H3. The number of hydrogen-bond acceptors (Lipinski definition) is 5. The normalized spacial score (nSPS) is 20.8. The van der Waals surface area contributed by atoms with Crippen molar-refractivity contribution in [3.8, 4) is 11.3 Å². The van der Waals surface area contributed by atoms with Crippen molar-refractivity contribution in [1.29, 1.82) is 0 Å². The van der Waals surface area contributed by atoms with E-state index in [1.54, 1.807) is 11.6 Å². The van der Waals surface area contributed by atoms with Gasteiger partial charge < -0.3 is 5.73 Å². The highest BCUT2D eigenvalue weighted by atomic mass is 32.2. The summed E-state index contributed by atoms with van der Waals surface area (Å²) in [6, 6.07) is 1.07. The van der Waals surface area contributed by atoms with Crippen LogP contribution < -0.4 is 5.73 Å². The predicted octanol–water partition coefficient (Wildman–Crippen LogP) is 1.33. The highest BCUT2D eigenvalue weighted by Gasteiger charge is 2.31. The van der Waals surface area contributed by atoms with Crippen LogP contribution in [-0.4, -0.2) is 34.7 Å². The lowest BCUT2D eigenvalue weighted by molar-refractivity contribution is 0.508. The Balaban J connectivity index is 2.04. The summed E-state index contributed by atoms with van der Waals surface area (Å²) in [5.41, 5.74) is 7.80. The molecule has 0 aromatic carbocycles. The zero-order valence-electron chi connectivity index (χ0n) is 11.5. The van der Waals surface area contributed by atoms with Crippen LogP contribution in [0.3, 0.4) is 0 Å². The number of pyridine rings is 1. The summed E-state index contributed by atoms with van der Waals surface area (Å²) in [7, 11) is -3.02. The van der Waals surface area contributed by atoms with Crippen molar-refractivity contribution in [2.45, 2.75) is 19.4 Å². The van der Waals surface area contributed by atoms with Crippen molar-refractivity contribution >= 4 is 15.7 Å². The molecule has 1 aliphatic heterocycles. The second kappa shape index (κ2) is 4.80. The number of nitrogens with zero attached hydrogens (tertiary/aromatic N) is 3. The lowest BCUT2D eigenvalue weighted by Crippen LogP contribution is -2.14. The van der Waals surface area contributed by atoms with Crippen molar-refractivity contribution in [3.63, 3.8) is 0 Å². The summed E-state index contributed by atoms with van der Waals surface area (Å²) < 4.78 is 38.0. The molecule has 3 rings (SSSR count). The summed E-state index contributed by atoms with van der Waals surface area (Å²) in [6.45, 7) is 1.78. The Bertz CT molecular complexity index is 800. The fourth-order valence-corrected chi connectivity index (χ4v) is 4.28. The van der Waals surface area contributed by atoms with Crippen LogP contribution in [0.15, 0.2) is 18.5 Å². The Morgan fingerprint density at radius 2 is 2.19 bits per heavy atom. The zero-order chi connectivity index (χ0) is 15.2. The van der Waals surface area contributed by atoms with Crippen LogP contribution in [0.2, 0.25) is 0 Å². The van der Waals surface area contributed by atoms with Crippen LogP contribution in [0.25, 0.3) is 11.3 Å². The van der Waals surface area contributed by atoms with Gasteiger partial charge in [-0.3, -0.25) is 4.98 Å². The van der Waals surface area contributed by atoms with Gasteiger partial charge in [-0.2, -0.15) is 5.10 Å². The van der Waals surface area contributed by atoms with Crippen LogP contribution >= 0.6 is 0 Å². The van der Waals surface area contributed by atoms with Gasteiger partial charge in [0.15, 0.2) is 9.84 Å². The number of sulfone groups is 1. The molecule has 0 radical (unpaired) electrons. The zero-order valence-corrected chi connectivity index (χ0v) is 12.3. The lowest BCUT2D eigenvalue weighted by atomic mass is 10.1. The first kappa shape index (κ1) is 14.0. The first-order valence-corrected chi connectivity index (χ1v) is 8.35. The highest BCUT2D eigenvalue weighted by Crippen LogP contribution is 2.32. The number of hydrogen-bond donors (Lipinski definition) is 1. The molecular formula is C13H15FN4O2S. The minimum Gasteiger partial charge on any atom is -0.384 e. The summed E-state index contributed by atoms with van der Waals surface area (Å²) in [6.07, 6.45) is 3.12. The molecule has 0 aliphatic carbocycles. The molecule has 6 nitrogen and oxygen atoms in total. The molecule has 2 aromatic rings. The van der Waals surface area contributed by atoms with E-state index in [4.69, 9.17) is 5.73 Å². The van der Waals surface area contributed by atoms with E-state index in [9.17, 15) is 12.8 Å². The first-order chi connectivity index (χ1) is 9.87. The van der Waals surface area contributed by atoms with E-state index in [-0.39, 0.29) is 17.5 Å². The maximum atomic E-state index is 13.3. The quantitative estimate of drug-likeness (QED) is 0.903. The van der Waals surface area contributed by atoms with Gasteiger partial charge in [0, 0.05) is 17.3 Å². The van der Waals surface area contributed by atoms with E-state index >= 15 is 0 Å². The largest absolute Gasteiger partial charge is 0.384 e. The minimum absolute atomic E-state index is 0.0408. The molecule has 2 aromatic heterocycles. The Morgan fingerprint density at radius 3 is 2.81 bits per heavy atom. The number of nitrogens with two attached hydrogens (primary N) is 1. The Labute approximate surface area is 121 Å². The summed E-state index contributed by atoms with van der Waals surface area (Å²) in [5.74, 6) is 0.145. The maximum Gasteiger partial charge on any atom is 0.152 e. The average Bonchev–Trinajstić information content (AvgIpc) is 2.91. The summed E-state index contributed by atoms with van der Waals surface area (Å²) in [4.78, 5) is 3.80. The average molecular weight is 310 g/mol. The van der Waals surface area contributed by atoms with E-state index in [0.717, 1.165) is 6.20 Å². The molecule has 1 unspecified atom stereocenters. The summed E-state index contributed by atoms with van der Waals surface area (Å²) in [5, 5.41) is 4.39. The van der Waals surface area contributed by atoms with Crippen molar-refractivity contribution in [2.75, 3.05) is 17.2 Å². The molecule has 0 saturated carbocycles. The smallest absolute Gasteiger partial charge is 0.152 e. The van der Waals surface area contributed by atoms with Gasteiger partial charge in [0.2, 0.25) is 0 Å². The van der Waals surface area contributed by atoms with Crippen LogP contribution in [0.1, 0.15) is 18.0 Å². The SMILES string of the molecule is Cc1c(-c2cncc(F)c2)nn(C2CCS(=O)(=O)C2)c1N. The fourth-order valence-electron chi connectivity index (χ4n) is 2.59. The molecule has 3 heterocycles. The number of anilines is 1. The van der Waals surface area contributed by atoms with Crippen LogP contribution in [-0.2, 0) is 9.84 Å². The van der Waals surface area contributed by atoms with Gasteiger partial charge in [0.25, 0.3) is 0 Å². The molecular weight excluding hydrogens is 295 g/mol. The summed E-state index contributed by atoms with van der Waals surface area (Å²) >= 11 is 0. The first-order valence-electron chi connectivity index (χ1n) is 6.53. The Kier molecular flexibility index (Phi) is 3.20. The third kappa shape index (κ3) is 2.51. The number of halogens is 1. The van der Waals surface area contributed by atoms with Crippen LogP contribution in [0.4, 0.5) is 10.2 Å². The molecule has 1 aliphatic rings. The van der Waals surface area contributed by atoms with Gasteiger partial charge in [0.1, 0.15) is 11.6 Å². The molecule has 1 saturated heterocycles. The Morgan fingerprint density at radius 1 is 1.43 bits per heavy atom. The number of rotatable bonds is 2. The number of nitrogen functional groups attached to an aromatic ring is 1. The van der Waals surface area contributed by atoms with Gasteiger partial charge >= 0.3 is 0 Å². The second-order valence-electron chi connectivity index (χ2n) is 5.25. The van der Waals surface area contributed by atoms with Crippen molar-refractivity contribution in [2.24, 2.45) is 0 Å². The van der Waals surface area contributed by atoms with E-state index < -0.39 is 15.7 Å². The van der Waals surface area contributed by atoms with Gasteiger partial charge in [-0.25, -0.2) is 17.5 Å². The van der Waals surface area contributed by atoms with Crippen molar-refractivity contribution < 1.29 is 12.8 Å². The van der Waals surface area contributed by atoms with Crippen molar-refractivity contribution in [3.05, 3.63) is 29.8 Å². The third-order valence-electron chi connectivity index (χ3n) is 3.73. The fraction of sp³-hybridized carbons (Fsp3) is 0.385. The van der Waals surface area contributed by atoms with E-state index in [1.165, 1.54) is 12.3 Å². The molecule has 21 heavy (non-hydrogen) atoms. The monoisotopic (exact) mass is 310 g/mol. The van der Waals surface area contributed by atoms with Crippen LogP contribution in [0.5, 0.6) is 0 Å². The molecule has 0 bridgehead atoms. The third-order valence-corrected chi connectivity index (χ3v) is 5.48. The second-order valence-corrected chi connectivity index (χ2v) is 7.48. The van der Waals surface area contributed by atoms with Crippen LogP contribution in [0, 0.1) is 12.7 Å². The lowest BCUT2D eigenvalue weighted by Gasteiger charge is -2.10. The number of aromatic nitrogens is 3. The molecule has 1 fully saturated rings. The highest BCUT2D eigenvalue weighted by molar-refractivity contribution is 7.91. The Hall–Kier alpha value is -1.96. The molecule has 2 N–H and O–H groups in total. The minimum atomic E-state index is -3.02. The molecule has 1 atom stereocenters. The topological polar surface area (TPSA) is 90.9 Å². The van der Waals surface area contributed by atoms with E-state index in [1.807, 2.05) is 0 Å².